The average molecular weight is 275 g/mol. The van der Waals surface area contributed by atoms with Crippen molar-refractivity contribution in [2.24, 2.45) is 0 Å². The first-order valence-electron chi connectivity index (χ1n) is 6.16. The molecular weight excluding hydrogens is 262 g/mol. The second-order valence-electron chi connectivity index (χ2n) is 4.39. The highest BCUT2D eigenvalue weighted by Gasteiger charge is 2.27. The molecule has 0 saturated carbocycles. The van der Waals surface area contributed by atoms with Crippen LogP contribution in [0.4, 0.5) is 11.8 Å². The van der Waals surface area contributed by atoms with Crippen molar-refractivity contribution in [1.82, 2.24) is 25.3 Å². The lowest BCUT2D eigenvalue weighted by Gasteiger charge is -2.22. The summed E-state index contributed by atoms with van der Waals surface area (Å²) in [4.78, 5) is 38.3. The number of carbonyl (C=O) groups is 2. The number of imidazole rings is 1. The van der Waals surface area contributed by atoms with Crippen LogP contribution in [0.1, 0.15) is 12.8 Å². The van der Waals surface area contributed by atoms with Crippen LogP contribution >= 0.6 is 0 Å². The van der Waals surface area contributed by atoms with Crippen molar-refractivity contribution in [3.63, 3.8) is 0 Å². The number of rotatable bonds is 3. The first-order valence-corrected chi connectivity index (χ1v) is 6.16. The molecule has 0 aromatic carbocycles. The van der Waals surface area contributed by atoms with Gasteiger partial charge >= 0.3 is 0 Å². The van der Waals surface area contributed by atoms with E-state index in [0.29, 0.717) is 35.8 Å². The van der Waals surface area contributed by atoms with Crippen LogP contribution < -0.4 is 16.0 Å². The molecule has 1 unspecified atom stereocenters. The molecule has 3 rings (SSSR count). The van der Waals surface area contributed by atoms with E-state index in [1.165, 1.54) is 6.33 Å². The molecule has 1 aliphatic rings. The SMILES string of the molecule is CNc1nc(NC2CCC(=O)NC2=O)c2[nH]cnc2n1. The van der Waals surface area contributed by atoms with Crippen LogP contribution in [0.5, 0.6) is 0 Å². The van der Waals surface area contributed by atoms with Crippen molar-refractivity contribution in [2.45, 2.75) is 18.9 Å². The maximum atomic E-state index is 11.8. The number of nitrogens with one attached hydrogen (secondary N) is 4. The Balaban J connectivity index is 1.91. The van der Waals surface area contributed by atoms with Crippen LogP contribution in [0.3, 0.4) is 0 Å². The minimum absolute atomic E-state index is 0.252. The van der Waals surface area contributed by atoms with Gasteiger partial charge < -0.3 is 15.6 Å². The molecule has 1 aliphatic heterocycles. The topological polar surface area (TPSA) is 125 Å². The Hall–Kier alpha value is -2.71. The summed E-state index contributed by atoms with van der Waals surface area (Å²) in [5.41, 5.74) is 1.12. The van der Waals surface area contributed by atoms with E-state index < -0.39 is 6.04 Å². The molecule has 3 heterocycles. The predicted molar refractivity (Wildman–Crippen MR) is 71.0 cm³/mol. The Kier molecular flexibility index (Phi) is 2.93. The normalized spacial score (nSPS) is 18.9. The molecule has 2 aromatic rings. The van der Waals surface area contributed by atoms with Gasteiger partial charge in [0.2, 0.25) is 17.8 Å². The van der Waals surface area contributed by atoms with Gasteiger partial charge in [0.15, 0.2) is 11.5 Å². The second kappa shape index (κ2) is 4.76. The van der Waals surface area contributed by atoms with Gasteiger partial charge in [-0.1, -0.05) is 0 Å². The van der Waals surface area contributed by atoms with E-state index in [1.807, 2.05) is 0 Å². The van der Waals surface area contributed by atoms with Crippen molar-refractivity contribution in [2.75, 3.05) is 17.7 Å². The van der Waals surface area contributed by atoms with E-state index in [4.69, 9.17) is 0 Å². The summed E-state index contributed by atoms with van der Waals surface area (Å²) >= 11 is 0. The predicted octanol–water partition coefficient (Wildman–Crippen LogP) is -0.388. The number of aromatic nitrogens is 4. The molecule has 9 heteroatoms. The minimum atomic E-state index is -0.501. The Morgan fingerprint density at radius 2 is 2.20 bits per heavy atom. The van der Waals surface area contributed by atoms with Gasteiger partial charge in [0.1, 0.15) is 11.6 Å². The van der Waals surface area contributed by atoms with E-state index in [9.17, 15) is 9.59 Å². The zero-order valence-corrected chi connectivity index (χ0v) is 10.7. The van der Waals surface area contributed by atoms with Gasteiger partial charge in [-0.3, -0.25) is 14.9 Å². The zero-order valence-electron chi connectivity index (χ0n) is 10.7. The number of amides is 2. The lowest BCUT2D eigenvalue weighted by Crippen LogP contribution is -2.47. The molecule has 0 bridgehead atoms. The monoisotopic (exact) mass is 275 g/mol. The molecule has 9 nitrogen and oxygen atoms in total. The molecule has 1 atom stereocenters. The fourth-order valence-electron chi connectivity index (χ4n) is 2.05. The van der Waals surface area contributed by atoms with Gasteiger partial charge in [-0.05, 0) is 6.42 Å². The number of fused-ring (bicyclic) bond motifs is 1. The number of hydrogen-bond acceptors (Lipinski definition) is 7. The number of H-pyrrole nitrogens is 1. The standard InChI is InChI=1S/C11H13N7O2/c1-12-11-17-8-7(13-4-14-8)9(18-11)15-5-2-3-6(19)16-10(5)20/h4-5H,2-3H2,1H3,(H,16,19,20)(H3,12,13,14,15,17,18). The summed E-state index contributed by atoms with van der Waals surface area (Å²) in [5, 5.41) is 8.16. The molecule has 1 fully saturated rings. The molecule has 4 N–H and O–H groups in total. The van der Waals surface area contributed by atoms with E-state index >= 15 is 0 Å². The molecule has 0 aliphatic carbocycles. The molecule has 0 radical (unpaired) electrons. The van der Waals surface area contributed by atoms with E-state index in [-0.39, 0.29) is 11.8 Å². The fraction of sp³-hybridized carbons (Fsp3) is 0.364. The van der Waals surface area contributed by atoms with Gasteiger partial charge in [0, 0.05) is 13.5 Å². The molecule has 2 aromatic heterocycles. The van der Waals surface area contributed by atoms with Crippen LogP contribution in [0.15, 0.2) is 6.33 Å². The van der Waals surface area contributed by atoms with Crippen molar-refractivity contribution in [1.29, 1.82) is 0 Å². The summed E-state index contributed by atoms with van der Waals surface area (Å²) < 4.78 is 0. The molecule has 104 valence electrons. The first kappa shape index (κ1) is 12.3. The number of carbonyl (C=O) groups excluding carboxylic acids is 2. The first-order chi connectivity index (χ1) is 9.67. The zero-order chi connectivity index (χ0) is 14.1. The lowest BCUT2D eigenvalue weighted by molar-refractivity contribution is -0.133. The number of piperidine rings is 1. The van der Waals surface area contributed by atoms with Crippen LogP contribution in [0.25, 0.3) is 11.2 Å². The van der Waals surface area contributed by atoms with Crippen LogP contribution in [-0.4, -0.2) is 44.8 Å². The molecule has 2 amide bonds. The molecule has 0 spiro atoms. The van der Waals surface area contributed by atoms with Crippen LogP contribution in [-0.2, 0) is 9.59 Å². The number of nitrogens with zero attached hydrogens (tertiary/aromatic N) is 3. The van der Waals surface area contributed by atoms with E-state index in [0.717, 1.165) is 0 Å². The Bertz CT molecular complexity index is 680. The third-order valence-electron chi connectivity index (χ3n) is 3.06. The van der Waals surface area contributed by atoms with Crippen molar-refractivity contribution in [3.8, 4) is 0 Å². The molecule has 20 heavy (non-hydrogen) atoms. The Morgan fingerprint density at radius 3 is 2.95 bits per heavy atom. The number of aromatic amines is 1. The van der Waals surface area contributed by atoms with E-state index in [1.54, 1.807) is 7.05 Å². The Morgan fingerprint density at radius 1 is 1.35 bits per heavy atom. The van der Waals surface area contributed by atoms with Crippen LogP contribution in [0.2, 0.25) is 0 Å². The maximum absolute atomic E-state index is 11.8. The summed E-state index contributed by atoms with van der Waals surface area (Å²) in [6, 6.07) is -0.501. The molecule has 1 saturated heterocycles. The maximum Gasteiger partial charge on any atom is 0.249 e. The smallest absolute Gasteiger partial charge is 0.249 e. The highest BCUT2D eigenvalue weighted by atomic mass is 16.2. The van der Waals surface area contributed by atoms with Gasteiger partial charge in [0.05, 0.1) is 6.33 Å². The number of imide groups is 1. The number of hydrogen-bond donors (Lipinski definition) is 4. The summed E-state index contributed by atoms with van der Waals surface area (Å²) in [6.07, 6.45) is 2.24. The summed E-state index contributed by atoms with van der Waals surface area (Å²) in [6.45, 7) is 0. The van der Waals surface area contributed by atoms with E-state index in [2.05, 4.69) is 35.9 Å². The van der Waals surface area contributed by atoms with Gasteiger partial charge in [0.25, 0.3) is 0 Å². The molecular formula is C11H13N7O2. The number of anilines is 2. The van der Waals surface area contributed by atoms with Crippen molar-refractivity contribution < 1.29 is 9.59 Å². The third-order valence-corrected chi connectivity index (χ3v) is 3.06. The quantitative estimate of drug-likeness (QED) is 0.562. The van der Waals surface area contributed by atoms with Crippen molar-refractivity contribution in [3.05, 3.63) is 6.33 Å². The second-order valence-corrected chi connectivity index (χ2v) is 4.39. The highest BCUT2D eigenvalue weighted by Crippen LogP contribution is 2.20. The minimum Gasteiger partial charge on any atom is -0.357 e. The summed E-state index contributed by atoms with van der Waals surface area (Å²) in [5.74, 6) is 0.280. The Labute approximate surface area is 113 Å². The van der Waals surface area contributed by atoms with Gasteiger partial charge in [-0.2, -0.15) is 9.97 Å². The highest BCUT2D eigenvalue weighted by molar-refractivity contribution is 6.02. The van der Waals surface area contributed by atoms with Gasteiger partial charge in [-0.15, -0.1) is 0 Å². The average Bonchev–Trinajstić information content (AvgIpc) is 2.90. The lowest BCUT2D eigenvalue weighted by atomic mass is 10.1. The van der Waals surface area contributed by atoms with Gasteiger partial charge in [-0.25, -0.2) is 4.98 Å². The third kappa shape index (κ3) is 2.13. The van der Waals surface area contributed by atoms with Crippen molar-refractivity contribution >= 4 is 34.7 Å². The summed E-state index contributed by atoms with van der Waals surface area (Å²) in [7, 11) is 1.70. The largest absolute Gasteiger partial charge is 0.357 e. The van der Waals surface area contributed by atoms with Crippen LogP contribution in [0, 0.1) is 0 Å². The fourth-order valence-corrected chi connectivity index (χ4v) is 2.05.